The van der Waals surface area contributed by atoms with Crippen molar-refractivity contribution in [2.24, 2.45) is 5.92 Å². The van der Waals surface area contributed by atoms with Crippen LogP contribution in [-0.2, 0) is 20.7 Å². The molecule has 0 spiro atoms. The van der Waals surface area contributed by atoms with E-state index in [1.54, 1.807) is 43.3 Å². The molecule has 1 aromatic heterocycles. The Morgan fingerprint density at radius 1 is 1.20 bits per heavy atom. The van der Waals surface area contributed by atoms with Crippen molar-refractivity contribution in [3.05, 3.63) is 81.9 Å². The van der Waals surface area contributed by atoms with Crippen LogP contribution in [0.3, 0.4) is 0 Å². The first-order chi connectivity index (χ1) is 22.0. The number of hydrogen-bond acceptors (Lipinski definition) is 10. The molecule has 1 fully saturated rings. The zero-order valence-corrected chi connectivity index (χ0v) is 27.4. The van der Waals surface area contributed by atoms with Crippen LogP contribution in [0.5, 0.6) is 17.2 Å². The van der Waals surface area contributed by atoms with Gasteiger partial charge in [0.05, 0.1) is 30.5 Å². The monoisotopic (exact) mass is 646 g/mol. The standard InChI is InChI=1S/C35H38N2O8S/c1-7-14-44-34(41)32-21(6)36-35(46-32)37-29(22-9-12-26(27(18-22)42-8-2)43-15-13-19(3)4)28(31(39)33(37)40)30(38)23-10-11-25-24(17-23)16-20(5)45-25/h7,9-12,17-20,29,38H,1,8,13-16H2,2-6H3/b30-28+/t20-,29+/m1/s1. The fourth-order valence-corrected chi connectivity index (χ4v) is 6.42. The molecule has 3 aromatic rings. The minimum atomic E-state index is -1.09. The summed E-state index contributed by atoms with van der Waals surface area (Å²) in [5.41, 5.74) is 1.98. The number of aryl methyl sites for hydroxylation is 1. The predicted octanol–water partition coefficient (Wildman–Crippen LogP) is 6.57. The fraction of sp³-hybridized carbons (Fsp3) is 0.371. The first kappa shape index (κ1) is 32.7. The number of thiazole rings is 1. The van der Waals surface area contributed by atoms with E-state index in [2.05, 4.69) is 25.4 Å². The first-order valence-electron chi connectivity index (χ1n) is 15.3. The number of esters is 1. The van der Waals surface area contributed by atoms with Crippen molar-refractivity contribution in [1.82, 2.24) is 4.98 Å². The topological polar surface area (TPSA) is 124 Å². The number of carbonyl (C=O) groups excluding carboxylic acids is 3. The smallest absolute Gasteiger partial charge is 0.350 e. The molecule has 0 bridgehead atoms. The van der Waals surface area contributed by atoms with Crippen molar-refractivity contribution in [3.8, 4) is 17.2 Å². The minimum Gasteiger partial charge on any atom is -0.507 e. The first-order valence-corrected chi connectivity index (χ1v) is 16.1. The number of aliphatic hydroxyl groups is 1. The summed E-state index contributed by atoms with van der Waals surface area (Å²) in [7, 11) is 0. The maximum Gasteiger partial charge on any atom is 0.350 e. The van der Waals surface area contributed by atoms with Gasteiger partial charge in [0.15, 0.2) is 16.6 Å². The van der Waals surface area contributed by atoms with Gasteiger partial charge < -0.3 is 24.1 Å². The molecule has 242 valence electrons. The summed E-state index contributed by atoms with van der Waals surface area (Å²) >= 11 is 0.933. The molecule has 2 aliphatic rings. The molecule has 0 radical (unpaired) electrons. The lowest BCUT2D eigenvalue weighted by Gasteiger charge is -2.24. The molecule has 3 heterocycles. The van der Waals surface area contributed by atoms with Crippen LogP contribution in [0.15, 0.2) is 54.6 Å². The molecule has 1 amide bonds. The van der Waals surface area contributed by atoms with E-state index in [-0.39, 0.29) is 34.1 Å². The third-order valence-corrected chi connectivity index (χ3v) is 8.80. The van der Waals surface area contributed by atoms with E-state index in [0.717, 1.165) is 23.3 Å². The number of aromatic nitrogens is 1. The summed E-state index contributed by atoms with van der Waals surface area (Å²) < 4.78 is 23.0. The largest absolute Gasteiger partial charge is 0.507 e. The molecule has 10 nitrogen and oxygen atoms in total. The minimum absolute atomic E-state index is 0.00636. The van der Waals surface area contributed by atoms with Crippen molar-refractivity contribution in [3.63, 3.8) is 0 Å². The number of ketones is 1. The van der Waals surface area contributed by atoms with Crippen molar-refractivity contribution in [1.29, 1.82) is 0 Å². The molecule has 0 unspecified atom stereocenters. The van der Waals surface area contributed by atoms with Crippen molar-refractivity contribution < 1.29 is 38.4 Å². The number of carbonyl (C=O) groups is 3. The number of aliphatic hydroxyl groups excluding tert-OH is 1. The van der Waals surface area contributed by atoms with Gasteiger partial charge >= 0.3 is 11.9 Å². The Labute approximate surface area is 272 Å². The van der Waals surface area contributed by atoms with E-state index < -0.39 is 23.7 Å². The second-order valence-corrected chi connectivity index (χ2v) is 12.6. The number of benzene rings is 2. The number of Topliss-reactive ketones (excluding diaryl/α,β-unsaturated/α-hetero) is 1. The van der Waals surface area contributed by atoms with Gasteiger partial charge in [-0.15, -0.1) is 0 Å². The van der Waals surface area contributed by atoms with Crippen LogP contribution in [-0.4, -0.2) is 53.7 Å². The molecular weight excluding hydrogens is 608 g/mol. The summed E-state index contributed by atoms with van der Waals surface area (Å²) in [6.45, 7) is 14.1. The highest BCUT2D eigenvalue weighted by atomic mass is 32.1. The van der Waals surface area contributed by atoms with Crippen LogP contribution in [0.4, 0.5) is 5.13 Å². The second kappa shape index (κ2) is 13.8. The second-order valence-electron chi connectivity index (χ2n) is 11.6. The zero-order chi connectivity index (χ0) is 33.1. The van der Waals surface area contributed by atoms with Gasteiger partial charge in [-0.1, -0.05) is 43.9 Å². The molecule has 2 aromatic carbocycles. The van der Waals surface area contributed by atoms with Crippen LogP contribution in [0.1, 0.15) is 72.2 Å². The van der Waals surface area contributed by atoms with Gasteiger partial charge in [0, 0.05) is 12.0 Å². The molecule has 0 saturated carbocycles. The molecule has 2 aliphatic heterocycles. The summed E-state index contributed by atoms with van der Waals surface area (Å²) in [6.07, 6.45) is 2.93. The van der Waals surface area contributed by atoms with Crippen LogP contribution in [0.25, 0.3) is 5.76 Å². The van der Waals surface area contributed by atoms with E-state index in [0.29, 0.717) is 59.6 Å². The van der Waals surface area contributed by atoms with E-state index in [1.807, 2.05) is 13.8 Å². The Morgan fingerprint density at radius 3 is 2.70 bits per heavy atom. The van der Waals surface area contributed by atoms with Gasteiger partial charge in [0.2, 0.25) is 0 Å². The van der Waals surface area contributed by atoms with E-state index in [1.165, 1.54) is 11.0 Å². The van der Waals surface area contributed by atoms with Gasteiger partial charge in [-0.2, -0.15) is 0 Å². The highest BCUT2D eigenvalue weighted by Gasteiger charge is 2.49. The number of fused-ring (bicyclic) bond motifs is 1. The van der Waals surface area contributed by atoms with Crippen LogP contribution >= 0.6 is 11.3 Å². The number of ether oxygens (including phenoxy) is 4. The highest BCUT2D eigenvalue weighted by molar-refractivity contribution is 7.17. The molecule has 1 saturated heterocycles. The van der Waals surface area contributed by atoms with Crippen LogP contribution < -0.4 is 19.1 Å². The van der Waals surface area contributed by atoms with E-state index in [9.17, 15) is 19.5 Å². The SMILES string of the molecule is C=CCOC(=O)c1sc(N2C(=O)C(=O)/C(=C(/O)c3ccc4c(c3)C[C@@H](C)O4)[C@@H]2c2ccc(OCCC(C)C)c(OCC)c2)nc1C. The van der Waals surface area contributed by atoms with Crippen LogP contribution in [0, 0.1) is 12.8 Å². The number of hydrogen-bond donors (Lipinski definition) is 1. The van der Waals surface area contributed by atoms with Gasteiger partial charge in [0.25, 0.3) is 5.78 Å². The quantitative estimate of drug-likeness (QED) is 0.0765. The zero-order valence-electron chi connectivity index (χ0n) is 26.6. The average molecular weight is 647 g/mol. The molecule has 5 rings (SSSR count). The van der Waals surface area contributed by atoms with Crippen molar-refractivity contribution >= 4 is 39.9 Å². The van der Waals surface area contributed by atoms with E-state index in [4.69, 9.17) is 18.9 Å². The molecule has 1 N–H and O–H groups in total. The Kier molecular flexibility index (Phi) is 9.81. The van der Waals surface area contributed by atoms with Gasteiger partial charge in [-0.3, -0.25) is 14.5 Å². The van der Waals surface area contributed by atoms with Crippen molar-refractivity contribution in [2.75, 3.05) is 24.7 Å². The number of nitrogens with zero attached hydrogens (tertiary/aromatic N) is 2. The van der Waals surface area contributed by atoms with E-state index >= 15 is 0 Å². The number of rotatable bonds is 12. The summed E-state index contributed by atoms with van der Waals surface area (Å²) in [6, 6.07) is 9.29. The summed E-state index contributed by atoms with van der Waals surface area (Å²) in [4.78, 5) is 46.3. The van der Waals surface area contributed by atoms with Crippen LogP contribution in [0.2, 0.25) is 0 Å². The number of anilines is 1. The van der Waals surface area contributed by atoms with Gasteiger partial charge in [0.1, 0.15) is 29.1 Å². The maximum absolute atomic E-state index is 13.8. The van der Waals surface area contributed by atoms with Crippen molar-refractivity contribution in [2.45, 2.75) is 59.6 Å². The molecule has 46 heavy (non-hydrogen) atoms. The third kappa shape index (κ3) is 6.50. The average Bonchev–Trinajstić information content (AvgIpc) is 3.67. The summed E-state index contributed by atoms with van der Waals surface area (Å²) in [5, 5.41) is 11.8. The fourth-order valence-electron chi connectivity index (χ4n) is 5.43. The molecule has 0 aliphatic carbocycles. The third-order valence-electron chi connectivity index (χ3n) is 7.66. The Hall–Kier alpha value is -4.64. The normalized spacial score (nSPS) is 18.4. The Morgan fingerprint density at radius 2 is 1.98 bits per heavy atom. The lowest BCUT2D eigenvalue weighted by atomic mass is 9.94. The molecule has 11 heteroatoms. The highest BCUT2D eigenvalue weighted by Crippen LogP contribution is 2.46. The lowest BCUT2D eigenvalue weighted by molar-refractivity contribution is -0.132. The maximum atomic E-state index is 13.8. The predicted molar refractivity (Wildman–Crippen MR) is 175 cm³/mol. The number of amides is 1. The Bertz CT molecular complexity index is 1710. The van der Waals surface area contributed by atoms with Gasteiger partial charge in [-0.05, 0) is 74.6 Å². The lowest BCUT2D eigenvalue weighted by Crippen LogP contribution is -2.29. The molecular formula is C35H38N2O8S. The summed E-state index contributed by atoms with van der Waals surface area (Å²) in [5.74, 6) is -0.608. The van der Waals surface area contributed by atoms with Gasteiger partial charge in [-0.25, -0.2) is 9.78 Å². The molecule has 2 atom stereocenters. The Balaban J connectivity index is 1.65.